The molecule has 5 aromatic rings. The van der Waals surface area contributed by atoms with Crippen LogP contribution in [0, 0.1) is 0 Å². The van der Waals surface area contributed by atoms with Crippen molar-refractivity contribution in [1.82, 2.24) is 25.0 Å². The van der Waals surface area contributed by atoms with E-state index in [1.165, 1.54) is 9.80 Å². The Morgan fingerprint density at radius 2 is 1.05 bits per heavy atom. The van der Waals surface area contributed by atoms with Gasteiger partial charge in [0.1, 0.15) is 24.2 Å². The van der Waals surface area contributed by atoms with Gasteiger partial charge in [-0.3, -0.25) is 19.2 Å². The van der Waals surface area contributed by atoms with Crippen LogP contribution in [0.4, 0.5) is 21.0 Å². The summed E-state index contributed by atoms with van der Waals surface area (Å²) in [4.78, 5) is 81.3. The zero-order valence-electron chi connectivity index (χ0n) is 32.6. The molecule has 306 valence electrons. The number of benzene rings is 4. The van der Waals surface area contributed by atoms with E-state index >= 15 is 0 Å². The van der Waals surface area contributed by atoms with Crippen LogP contribution in [0.1, 0.15) is 68.7 Å². The number of aromatic nitrogens is 1. The number of carbonyl (C=O) groups excluding carboxylic acids is 4. The molecule has 0 bridgehead atoms. The normalized spacial score (nSPS) is 17.4. The number of rotatable bonds is 13. The van der Waals surface area contributed by atoms with Crippen molar-refractivity contribution in [3.8, 4) is 0 Å². The maximum atomic E-state index is 13.8. The molecule has 0 saturated carbocycles. The van der Waals surface area contributed by atoms with Crippen molar-refractivity contribution in [1.29, 1.82) is 0 Å². The fourth-order valence-electron chi connectivity index (χ4n) is 8.31. The molecule has 2 saturated heterocycles. The molecule has 2 unspecified atom stereocenters. The number of hydrogen-bond acceptors (Lipinski definition) is 6. The van der Waals surface area contributed by atoms with E-state index in [4.69, 9.17) is 0 Å². The van der Waals surface area contributed by atoms with E-state index in [1.807, 2.05) is 36.4 Å². The Balaban J connectivity index is 1.11. The van der Waals surface area contributed by atoms with E-state index in [1.54, 1.807) is 60.7 Å². The zero-order chi connectivity index (χ0) is 41.6. The van der Waals surface area contributed by atoms with Crippen molar-refractivity contribution in [2.75, 3.05) is 23.7 Å². The predicted molar refractivity (Wildman–Crippen MR) is 222 cm³/mol. The molecule has 2 fully saturated rings. The maximum Gasteiger partial charge on any atom is 0.405 e. The van der Waals surface area contributed by atoms with E-state index in [9.17, 15) is 39.0 Å². The highest BCUT2D eigenvalue weighted by Gasteiger charge is 2.40. The molecule has 2 aliphatic rings. The number of amides is 6. The third-order valence-corrected chi connectivity index (χ3v) is 11.1. The molecule has 0 spiro atoms. The molecule has 0 radical (unpaired) electrons. The van der Waals surface area contributed by atoms with E-state index in [0.717, 1.165) is 34.6 Å². The van der Waals surface area contributed by atoms with E-state index in [2.05, 4.69) is 32.8 Å². The maximum absolute atomic E-state index is 13.8. The summed E-state index contributed by atoms with van der Waals surface area (Å²) in [5, 5.41) is 31.6. The Bertz CT molecular complexity index is 2220. The number of likely N-dealkylation sites (tertiary alicyclic amines) is 2. The van der Waals surface area contributed by atoms with Gasteiger partial charge < -0.3 is 45.8 Å². The van der Waals surface area contributed by atoms with Crippen molar-refractivity contribution in [2.45, 2.75) is 76.2 Å². The molecular formula is C44H47N7O8. The molecule has 7 rings (SSSR count). The first kappa shape index (κ1) is 40.3. The first-order valence-electron chi connectivity index (χ1n) is 19.9. The van der Waals surface area contributed by atoms with E-state index in [-0.39, 0.29) is 11.8 Å². The third-order valence-electron chi connectivity index (χ3n) is 11.1. The van der Waals surface area contributed by atoms with Crippen LogP contribution in [-0.2, 0) is 25.7 Å². The Kier molecular flexibility index (Phi) is 12.1. The van der Waals surface area contributed by atoms with Gasteiger partial charge in [-0.15, -0.1) is 0 Å². The van der Waals surface area contributed by atoms with Gasteiger partial charge in [0.05, 0.1) is 11.0 Å². The summed E-state index contributed by atoms with van der Waals surface area (Å²) in [7, 11) is 0. The summed E-state index contributed by atoms with van der Waals surface area (Å²) in [5.41, 5.74) is 3.78. The SMILES string of the molecule is CCCCn1c2cc(NC(=O)[C@@H]3CCCN3C(=O)C(NC(=O)O)c3ccccc3)ccc2c2ccc(NC(=O)[C@@H]3CCCN3C(=O)C(NC(=O)O)c3ccccc3)cc21. The average molecular weight is 802 g/mol. The van der Waals surface area contributed by atoms with Crippen molar-refractivity contribution in [3.63, 3.8) is 0 Å². The standard InChI is InChI=1S/C44H47N7O8/c1-2-3-22-49-35-25-29(45-39(52)33-16-10-23-50(33)41(54)37(47-43(56)57)27-12-6-4-7-13-27)18-20-31(35)32-21-19-30(26-36(32)49)46-40(53)34-17-11-24-51(34)42(55)38(48-44(58)59)28-14-8-5-9-15-28/h4-9,12-15,18-21,25-26,33-34,37-38,47-48H,2-3,10-11,16-17,22-24H2,1H3,(H,45,52)(H,46,53)(H,56,57)(H,58,59)/t33-,34-,37?,38?/m0/s1. The van der Waals surface area contributed by atoms with Crippen LogP contribution in [0.15, 0.2) is 97.1 Å². The molecule has 15 heteroatoms. The Labute approximate surface area is 340 Å². The number of unbranched alkanes of at least 4 members (excludes halogenated alkanes) is 1. The highest BCUT2D eigenvalue weighted by Crippen LogP contribution is 2.34. The van der Waals surface area contributed by atoms with Gasteiger partial charge in [0.15, 0.2) is 0 Å². The number of aryl methyl sites for hydroxylation is 1. The second-order valence-electron chi connectivity index (χ2n) is 14.9. The fraction of sp³-hybridized carbons (Fsp3) is 0.318. The minimum Gasteiger partial charge on any atom is -0.465 e. The van der Waals surface area contributed by atoms with Gasteiger partial charge in [0.2, 0.25) is 11.8 Å². The largest absolute Gasteiger partial charge is 0.465 e. The predicted octanol–water partition coefficient (Wildman–Crippen LogP) is 6.47. The lowest BCUT2D eigenvalue weighted by molar-refractivity contribution is -0.138. The summed E-state index contributed by atoms with van der Waals surface area (Å²) in [6.45, 7) is 3.39. The van der Waals surface area contributed by atoms with Crippen LogP contribution < -0.4 is 21.3 Å². The fourth-order valence-corrected chi connectivity index (χ4v) is 8.31. The Morgan fingerprint density at radius 3 is 1.44 bits per heavy atom. The lowest BCUT2D eigenvalue weighted by atomic mass is 10.0. The molecule has 59 heavy (non-hydrogen) atoms. The third kappa shape index (κ3) is 8.68. The van der Waals surface area contributed by atoms with E-state index in [0.29, 0.717) is 67.8 Å². The molecule has 6 N–H and O–H groups in total. The molecule has 0 aliphatic carbocycles. The number of fused-ring (bicyclic) bond motifs is 3. The summed E-state index contributed by atoms with van der Waals surface area (Å²) in [6.07, 6.45) is 1.14. The molecule has 2 aliphatic heterocycles. The van der Waals surface area contributed by atoms with Gasteiger partial charge >= 0.3 is 12.2 Å². The Hall–Kier alpha value is -6.90. The number of carboxylic acid groups (broad SMARTS) is 2. The van der Waals surface area contributed by atoms with Crippen LogP contribution in [0.5, 0.6) is 0 Å². The topological polar surface area (TPSA) is 202 Å². The zero-order valence-corrected chi connectivity index (χ0v) is 32.6. The van der Waals surface area contributed by atoms with Crippen LogP contribution >= 0.6 is 0 Å². The number of nitrogens with zero attached hydrogens (tertiary/aromatic N) is 3. The molecule has 15 nitrogen and oxygen atoms in total. The van der Waals surface area contributed by atoms with Gasteiger partial charge in [0.25, 0.3) is 11.8 Å². The van der Waals surface area contributed by atoms with E-state index < -0.39 is 48.2 Å². The lowest BCUT2D eigenvalue weighted by Gasteiger charge is -2.28. The molecule has 3 heterocycles. The average Bonchev–Trinajstić information content (AvgIpc) is 4.00. The molecule has 6 amide bonds. The van der Waals surface area contributed by atoms with Gasteiger partial charge in [-0.2, -0.15) is 0 Å². The van der Waals surface area contributed by atoms with Crippen molar-refractivity contribution in [2.24, 2.45) is 0 Å². The van der Waals surface area contributed by atoms with Crippen molar-refractivity contribution < 1.29 is 39.0 Å². The van der Waals surface area contributed by atoms with Gasteiger partial charge in [-0.1, -0.05) is 86.1 Å². The van der Waals surface area contributed by atoms with Gasteiger partial charge in [-0.05, 0) is 67.5 Å². The number of anilines is 2. The number of hydrogen-bond donors (Lipinski definition) is 6. The van der Waals surface area contributed by atoms with Gasteiger partial charge in [0, 0.05) is 41.8 Å². The van der Waals surface area contributed by atoms with Gasteiger partial charge in [-0.25, -0.2) is 9.59 Å². The molecule has 4 aromatic carbocycles. The minimum absolute atomic E-state index is 0.315. The number of nitrogens with one attached hydrogen (secondary N) is 4. The first-order chi connectivity index (χ1) is 28.5. The van der Waals surface area contributed by atoms with Crippen LogP contribution in [0.2, 0.25) is 0 Å². The lowest BCUT2D eigenvalue weighted by Crippen LogP contribution is -2.48. The first-order valence-corrected chi connectivity index (χ1v) is 19.9. The van der Waals surface area contributed by atoms with Crippen LogP contribution in [0.25, 0.3) is 21.8 Å². The highest BCUT2D eigenvalue weighted by atomic mass is 16.4. The summed E-state index contributed by atoms with van der Waals surface area (Å²) < 4.78 is 2.15. The van der Waals surface area contributed by atoms with Crippen LogP contribution in [0.3, 0.4) is 0 Å². The second kappa shape index (κ2) is 17.7. The van der Waals surface area contributed by atoms with Crippen molar-refractivity contribution in [3.05, 3.63) is 108 Å². The minimum atomic E-state index is -1.34. The number of carbonyl (C=O) groups is 6. The Morgan fingerprint density at radius 1 is 0.627 bits per heavy atom. The summed E-state index contributed by atoms with van der Waals surface area (Å²) in [6, 6.07) is 24.5. The monoisotopic (exact) mass is 801 g/mol. The molecular weight excluding hydrogens is 755 g/mol. The molecule has 4 atom stereocenters. The quantitative estimate of drug-likeness (QED) is 0.0777. The summed E-state index contributed by atoms with van der Waals surface area (Å²) in [5.74, 6) is -1.72. The highest BCUT2D eigenvalue weighted by molar-refractivity contribution is 6.11. The second-order valence-corrected chi connectivity index (χ2v) is 14.9. The van der Waals surface area contributed by atoms with Crippen molar-refractivity contribution >= 4 is 69.0 Å². The smallest absolute Gasteiger partial charge is 0.405 e. The van der Waals surface area contributed by atoms with Crippen LogP contribution in [-0.4, -0.2) is 85.6 Å². The molecule has 1 aromatic heterocycles. The summed E-state index contributed by atoms with van der Waals surface area (Å²) >= 11 is 0.